The molecule has 7 nitrogen and oxygen atoms in total. The van der Waals surface area contributed by atoms with Gasteiger partial charge in [0.05, 0.1) is 6.04 Å². The summed E-state index contributed by atoms with van der Waals surface area (Å²) in [6.07, 6.45) is 3.04. The zero-order valence-electron chi connectivity index (χ0n) is 15.8. The van der Waals surface area contributed by atoms with E-state index in [9.17, 15) is 14.4 Å². The minimum Gasteiger partial charge on any atom is -0.447 e. The Labute approximate surface area is 168 Å². The fraction of sp³-hybridized carbons (Fsp3) is 0.227. The Morgan fingerprint density at radius 1 is 1.07 bits per heavy atom. The Morgan fingerprint density at radius 2 is 1.72 bits per heavy atom. The second-order valence-corrected chi connectivity index (χ2v) is 6.86. The van der Waals surface area contributed by atoms with Gasteiger partial charge in [0, 0.05) is 6.92 Å². The summed E-state index contributed by atoms with van der Waals surface area (Å²) in [7, 11) is 0. The van der Waals surface area contributed by atoms with Crippen LogP contribution in [0, 0.1) is 0 Å². The molecule has 0 spiro atoms. The average molecular weight is 392 g/mol. The molecule has 0 bridgehead atoms. The number of carbonyl (C=O) groups excluding carboxylic acids is 3. The van der Waals surface area contributed by atoms with E-state index in [2.05, 4.69) is 0 Å². The number of benzene rings is 2. The molecule has 2 fully saturated rings. The van der Waals surface area contributed by atoms with E-state index in [1.165, 1.54) is 11.8 Å². The van der Waals surface area contributed by atoms with E-state index in [0.29, 0.717) is 0 Å². The molecule has 0 aromatic heterocycles. The molecule has 0 saturated carbocycles. The Bertz CT molecular complexity index is 944. The average Bonchev–Trinajstić information content (AvgIpc) is 3.11. The molecule has 0 radical (unpaired) electrons. The quantitative estimate of drug-likeness (QED) is 0.732. The lowest BCUT2D eigenvalue weighted by Gasteiger charge is -2.47. The topological polar surface area (TPSA) is 76.2 Å². The highest BCUT2D eigenvalue weighted by Gasteiger charge is 2.57. The van der Waals surface area contributed by atoms with Crippen LogP contribution < -0.4 is 0 Å². The number of hydrogen-bond donors (Lipinski definition) is 0. The largest absolute Gasteiger partial charge is 0.447 e. The van der Waals surface area contributed by atoms with Crippen molar-refractivity contribution in [1.29, 1.82) is 0 Å². The van der Waals surface area contributed by atoms with Gasteiger partial charge in [-0.3, -0.25) is 14.5 Å². The Balaban J connectivity index is 1.64. The normalized spacial score (nSPS) is 23.8. The number of cyclic esters (lactones) is 1. The van der Waals surface area contributed by atoms with E-state index in [1.54, 1.807) is 6.08 Å². The number of amides is 2. The number of rotatable bonds is 5. The van der Waals surface area contributed by atoms with Crippen LogP contribution in [0.3, 0.4) is 0 Å². The van der Waals surface area contributed by atoms with Crippen molar-refractivity contribution in [2.45, 2.75) is 25.0 Å². The Hall–Kier alpha value is -3.61. The van der Waals surface area contributed by atoms with Gasteiger partial charge in [-0.15, -0.1) is 0 Å². The second kappa shape index (κ2) is 7.79. The molecule has 0 N–H and O–H groups in total. The van der Waals surface area contributed by atoms with Crippen LogP contribution in [0.4, 0.5) is 4.79 Å². The second-order valence-electron chi connectivity index (χ2n) is 6.86. The lowest BCUT2D eigenvalue weighted by atomic mass is 9.93. The maximum Gasteiger partial charge on any atom is 0.411 e. The van der Waals surface area contributed by atoms with Crippen molar-refractivity contribution < 1.29 is 24.0 Å². The molecule has 3 atom stereocenters. The molecule has 7 heteroatoms. The van der Waals surface area contributed by atoms with E-state index >= 15 is 0 Å². The van der Waals surface area contributed by atoms with Crippen molar-refractivity contribution in [2.24, 2.45) is 0 Å². The van der Waals surface area contributed by atoms with E-state index < -0.39 is 30.1 Å². The van der Waals surface area contributed by atoms with Crippen LogP contribution in [0.25, 0.3) is 6.08 Å². The van der Waals surface area contributed by atoms with Crippen LogP contribution in [0.2, 0.25) is 0 Å². The lowest BCUT2D eigenvalue weighted by Crippen LogP contribution is -2.70. The summed E-state index contributed by atoms with van der Waals surface area (Å²) in [5.74, 6) is -1.05. The zero-order valence-corrected chi connectivity index (χ0v) is 15.8. The molecular weight excluding hydrogens is 372 g/mol. The van der Waals surface area contributed by atoms with Gasteiger partial charge in [0.2, 0.25) is 0 Å². The van der Waals surface area contributed by atoms with Gasteiger partial charge in [0.15, 0.2) is 0 Å². The molecule has 2 aromatic rings. The predicted molar refractivity (Wildman–Crippen MR) is 104 cm³/mol. The van der Waals surface area contributed by atoms with Crippen molar-refractivity contribution >= 4 is 24.0 Å². The van der Waals surface area contributed by atoms with Crippen LogP contribution in [0.1, 0.15) is 24.1 Å². The zero-order chi connectivity index (χ0) is 20.4. The van der Waals surface area contributed by atoms with Crippen LogP contribution in [-0.4, -0.2) is 46.6 Å². The van der Waals surface area contributed by atoms with Gasteiger partial charge in [-0.05, 0) is 11.1 Å². The highest BCUT2D eigenvalue weighted by atomic mass is 16.7. The van der Waals surface area contributed by atoms with E-state index in [0.717, 1.165) is 16.2 Å². The fourth-order valence-corrected chi connectivity index (χ4v) is 3.63. The van der Waals surface area contributed by atoms with Crippen LogP contribution in [0.15, 0.2) is 66.7 Å². The Morgan fingerprint density at radius 3 is 2.38 bits per heavy atom. The van der Waals surface area contributed by atoms with Crippen molar-refractivity contribution in [3.8, 4) is 0 Å². The van der Waals surface area contributed by atoms with Crippen LogP contribution >= 0.6 is 0 Å². The number of nitrogens with zero attached hydrogens (tertiary/aromatic N) is 2. The first-order valence-electron chi connectivity index (χ1n) is 9.31. The monoisotopic (exact) mass is 392 g/mol. The third-order valence-corrected chi connectivity index (χ3v) is 4.97. The fourth-order valence-electron chi connectivity index (χ4n) is 3.63. The number of carbonyl (C=O) groups is 3. The van der Waals surface area contributed by atoms with Gasteiger partial charge in [0.25, 0.3) is 5.91 Å². The van der Waals surface area contributed by atoms with Crippen molar-refractivity contribution in [3.05, 3.63) is 77.9 Å². The molecule has 2 aliphatic rings. The number of hydrogen-bond acceptors (Lipinski definition) is 5. The summed E-state index contributed by atoms with van der Waals surface area (Å²) in [4.78, 5) is 43.2. The van der Waals surface area contributed by atoms with Crippen molar-refractivity contribution in [3.63, 3.8) is 0 Å². The van der Waals surface area contributed by atoms with Gasteiger partial charge in [0.1, 0.15) is 18.7 Å². The molecule has 0 aliphatic carbocycles. The molecule has 2 aromatic carbocycles. The number of ether oxygens (including phenoxy) is 1. The minimum atomic E-state index is -0.811. The third-order valence-electron chi connectivity index (χ3n) is 4.97. The summed E-state index contributed by atoms with van der Waals surface area (Å²) < 4.78 is 5.25. The first kappa shape index (κ1) is 18.7. The van der Waals surface area contributed by atoms with Gasteiger partial charge < -0.3 is 9.57 Å². The van der Waals surface area contributed by atoms with E-state index in [4.69, 9.17) is 9.57 Å². The van der Waals surface area contributed by atoms with E-state index in [1.807, 2.05) is 66.7 Å². The molecule has 2 aliphatic heterocycles. The summed E-state index contributed by atoms with van der Waals surface area (Å²) in [6.45, 7) is 1.39. The highest BCUT2D eigenvalue weighted by molar-refractivity contribution is 5.94. The SMILES string of the molecule is CC(=O)ON1C(=O)C(N2C(=O)OC[C@@H]2c2ccccc2)C1C=Cc1ccccc1. The van der Waals surface area contributed by atoms with Gasteiger partial charge in [-0.1, -0.05) is 72.8 Å². The molecule has 4 rings (SSSR count). The van der Waals surface area contributed by atoms with Gasteiger partial charge >= 0.3 is 12.1 Å². The first-order chi connectivity index (χ1) is 14.1. The number of β-lactam (4-membered cyclic amide) rings is 1. The van der Waals surface area contributed by atoms with Gasteiger partial charge in [-0.25, -0.2) is 4.79 Å². The minimum absolute atomic E-state index is 0.162. The van der Waals surface area contributed by atoms with Crippen molar-refractivity contribution in [2.75, 3.05) is 6.61 Å². The van der Waals surface area contributed by atoms with Gasteiger partial charge in [-0.2, -0.15) is 5.06 Å². The number of hydroxylamine groups is 2. The molecule has 2 heterocycles. The first-order valence-corrected chi connectivity index (χ1v) is 9.31. The maximum atomic E-state index is 12.8. The maximum absolute atomic E-state index is 12.8. The molecular formula is C22H20N2O5. The van der Waals surface area contributed by atoms with Crippen molar-refractivity contribution in [1.82, 2.24) is 9.96 Å². The third kappa shape index (κ3) is 3.59. The summed E-state index contributed by atoms with van der Waals surface area (Å²) >= 11 is 0. The summed E-state index contributed by atoms with van der Waals surface area (Å²) in [6, 6.07) is 17.1. The molecule has 2 unspecified atom stereocenters. The molecule has 148 valence electrons. The smallest absolute Gasteiger partial charge is 0.411 e. The standard InChI is InChI=1S/C22H20N2O5/c1-15(25)29-24-18(13-12-16-8-4-2-5-9-16)20(21(24)26)23-19(14-28-22(23)27)17-10-6-3-7-11-17/h2-13,18-20H,14H2,1H3/t18?,19-,20?/m1/s1. The predicted octanol–water partition coefficient (Wildman–Crippen LogP) is 2.95. The molecule has 29 heavy (non-hydrogen) atoms. The summed E-state index contributed by atoms with van der Waals surface area (Å²) in [5, 5.41) is 1.01. The Kier molecular flexibility index (Phi) is 5.03. The highest BCUT2D eigenvalue weighted by Crippen LogP contribution is 2.37. The lowest BCUT2D eigenvalue weighted by molar-refractivity contribution is -0.231. The summed E-state index contributed by atoms with van der Waals surface area (Å²) in [5.41, 5.74) is 1.81. The molecule has 2 saturated heterocycles. The van der Waals surface area contributed by atoms with E-state index in [-0.39, 0.29) is 12.6 Å². The molecule has 2 amide bonds. The van der Waals surface area contributed by atoms with Crippen LogP contribution in [0.5, 0.6) is 0 Å². The van der Waals surface area contributed by atoms with Crippen LogP contribution in [-0.2, 0) is 19.2 Å².